The molecule has 2 aromatic heterocycles. The maximum absolute atomic E-state index is 5.47. The summed E-state index contributed by atoms with van der Waals surface area (Å²) >= 11 is 0. The molecular weight excluding hydrogens is 368 g/mol. The van der Waals surface area contributed by atoms with Crippen LogP contribution in [0.5, 0.6) is 17.2 Å². The lowest BCUT2D eigenvalue weighted by Gasteiger charge is -2.28. The molecule has 0 bridgehead atoms. The zero-order chi connectivity index (χ0) is 20.2. The summed E-state index contributed by atoms with van der Waals surface area (Å²) in [6.07, 6.45) is 6.37. The fourth-order valence-corrected chi connectivity index (χ4v) is 3.63. The Morgan fingerprint density at radius 1 is 1.03 bits per heavy atom. The second-order valence-corrected chi connectivity index (χ2v) is 6.90. The Hall–Kier alpha value is -3.19. The van der Waals surface area contributed by atoms with Crippen molar-refractivity contribution in [1.82, 2.24) is 19.9 Å². The topological polar surface area (TPSA) is 69.6 Å². The van der Waals surface area contributed by atoms with Gasteiger partial charge in [0.05, 0.1) is 27.0 Å². The first kappa shape index (κ1) is 19.1. The molecule has 0 saturated heterocycles. The Morgan fingerprint density at radius 2 is 1.83 bits per heavy atom. The Morgan fingerprint density at radius 3 is 2.48 bits per heavy atom. The molecule has 4 rings (SSSR count). The zero-order valence-corrected chi connectivity index (χ0v) is 16.9. The number of aromatic nitrogens is 3. The molecule has 1 aliphatic rings. The van der Waals surface area contributed by atoms with Gasteiger partial charge in [-0.25, -0.2) is 9.97 Å². The molecule has 0 atom stereocenters. The first-order valence-corrected chi connectivity index (χ1v) is 9.48. The number of rotatable bonds is 6. The van der Waals surface area contributed by atoms with Crippen molar-refractivity contribution in [3.8, 4) is 28.6 Å². The van der Waals surface area contributed by atoms with E-state index in [9.17, 15) is 0 Å². The van der Waals surface area contributed by atoms with Crippen LogP contribution in [-0.4, -0.2) is 47.7 Å². The van der Waals surface area contributed by atoms with Gasteiger partial charge in [-0.05, 0) is 29.8 Å². The number of hydrogen-bond donors (Lipinski definition) is 0. The first-order chi connectivity index (χ1) is 14.2. The van der Waals surface area contributed by atoms with E-state index < -0.39 is 0 Å². The van der Waals surface area contributed by atoms with Crippen LogP contribution < -0.4 is 14.2 Å². The van der Waals surface area contributed by atoms with E-state index in [-0.39, 0.29) is 0 Å². The lowest BCUT2D eigenvalue weighted by molar-refractivity contribution is 0.241. The molecule has 0 fully saturated rings. The monoisotopic (exact) mass is 392 g/mol. The highest BCUT2D eigenvalue weighted by molar-refractivity contribution is 5.54. The summed E-state index contributed by atoms with van der Waals surface area (Å²) in [6, 6.07) is 7.88. The van der Waals surface area contributed by atoms with Crippen LogP contribution >= 0.6 is 0 Å². The molecule has 0 spiro atoms. The summed E-state index contributed by atoms with van der Waals surface area (Å²) < 4.78 is 16.4. The summed E-state index contributed by atoms with van der Waals surface area (Å²) in [5.41, 5.74) is 4.32. The maximum Gasteiger partial charge on any atom is 0.203 e. The van der Waals surface area contributed by atoms with Gasteiger partial charge in [0.2, 0.25) is 5.75 Å². The Labute approximate surface area is 170 Å². The molecule has 150 valence electrons. The van der Waals surface area contributed by atoms with Crippen molar-refractivity contribution in [1.29, 1.82) is 0 Å². The minimum Gasteiger partial charge on any atom is -0.493 e. The molecule has 0 aliphatic carbocycles. The van der Waals surface area contributed by atoms with Crippen molar-refractivity contribution in [3.05, 3.63) is 59.7 Å². The number of methoxy groups -OCH3 is 3. The molecule has 29 heavy (non-hydrogen) atoms. The summed E-state index contributed by atoms with van der Waals surface area (Å²) in [6.45, 7) is 2.51. The van der Waals surface area contributed by atoms with E-state index in [1.54, 1.807) is 33.7 Å². The van der Waals surface area contributed by atoms with Crippen molar-refractivity contribution < 1.29 is 14.2 Å². The van der Waals surface area contributed by atoms with Gasteiger partial charge in [0.15, 0.2) is 17.3 Å². The molecule has 7 nitrogen and oxygen atoms in total. The lowest BCUT2D eigenvalue weighted by atomic mass is 10.1. The molecule has 3 heterocycles. The van der Waals surface area contributed by atoms with Gasteiger partial charge in [-0.15, -0.1) is 0 Å². The zero-order valence-electron chi connectivity index (χ0n) is 16.9. The van der Waals surface area contributed by atoms with Crippen LogP contribution in [0.15, 0.2) is 42.9 Å². The number of benzene rings is 1. The van der Waals surface area contributed by atoms with Crippen molar-refractivity contribution >= 4 is 0 Å². The number of nitrogens with zero attached hydrogens (tertiary/aromatic N) is 4. The minimum absolute atomic E-state index is 0.610. The van der Waals surface area contributed by atoms with Crippen LogP contribution in [0.4, 0.5) is 0 Å². The number of pyridine rings is 1. The molecule has 0 saturated carbocycles. The van der Waals surface area contributed by atoms with Crippen molar-refractivity contribution in [2.24, 2.45) is 0 Å². The third kappa shape index (κ3) is 4.00. The first-order valence-electron chi connectivity index (χ1n) is 9.48. The van der Waals surface area contributed by atoms with E-state index in [0.29, 0.717) is 17.2 Å². The summed E-state index contributed by atoms with van der Waals surface area (Å²) in [5, 5.41) is 0. The van der Waals surface area contributed by atoms with Gasteiger partial charge in [0, 0.05) is 55.8 Å². The SMILES string of the molecule is COc1cc(CN2CCc3nc(-c4cccnc4)ncc3C2)cc(OC)c1OC. The summed E-state index contributed by atoms with van der Waals surface area (Å²) in [5.74, 6) is 2.68. The van der Waals surface area contributed by atoms with Gasteiger partial charge in [0.25, 0.3) is 0 Å². The molecule has 0 radical (unpaired) electrons. The molecular formula is C22H24N4O3. The number of ether oxygens (including phenoxy) is 3. The third-order valence-electron chi connectivity index (χ3n) is 5.06. The highest BCUT2D eigenvalue weighted by Crippen LogP contribution is 2.38. The molecule has 1 aliphatic heterocycles. The van der Waals surface area contributed by atoms with Crippen LogP contribution in [0.3, 0.4) is 0 Å². The lowest BCUT2D eigenvalue weighted by Crippen LogP contribution is -2.31. The number of fused-ring (bicyclic) bond motifs is 1. The van der Waals surface area contributed by atoms with E-state index in [0.717, 1.165) is 54.3 Å². The predicted octanol–water partition coefficient (Wildman–Crippen LogP) is 3.12. The molecule has 0 amide bonds. The van der Waals surface area contributed by atoms with E-state index in [1.807, 2.05) is 30.5 Å². The highest BCUT2D eigenvalue weighted by atomic mass is 16.5. The van der Waals surface area contributed by atoms with Crippen LogP contribution in [0.2, 0.25) is 0 Å². The fraction of sp³-hybridized carbons (Fsp3) is 0.318. The highest BCUT2D eigenvalue weighted by Gasteiger charge is 2.21. The van der Waals surface area contributed by atoms with Gasteiger partial charge in [-0.3, -0.25) is 9.88 Å². The van der Waals surface area contributed by atoms with Crippen molar-refractivity contribution in [3.63, 3.8) is 0 Å². The number of hydrogen-bond acceptors (Lipinski definition) is 7. The Balaban J connectivity index is 1.52. The summed E-state index contributed by atoms with van der Waals surface area (Å²) in [7, 11) is 4.88. The van der Waals surface area contributed by atoms with Gasteiger partial charge in [0.1, 0.15) is 0 Å². The Kier molecular flexibility index (Phi) is 5.57. The van der Waals surface area contributed by atoms with Crippen LogP contribution in [0.1, 0.15) is 16.8 Å². The molecule has 7 heteroatoms. The molecule has 0 N–H and O–H groups in total. The largest absolute Gasteiger partial charge is 0.493 e. The second kappa shape index (κ2) is 8.45. The van der Waals surface area contributed by atoms with Crippen LogP contribution in [0.25, 0.3) is 11.4 Å². The fourth-order valence-electron chi connectivity index (χ4n) is 3.63. The van der Waals surface area contributed by atoms with E-state index in [2.05, 4.69) is 14.9 Å². The second-order valence-electron chi connectivity index (χ2n) is 6.90. The van der Waals surface area contributed by atoms with Crippen molar-refractivity contribution in [2.75, 3.05) is 27.9 Å². The average Bonchev–Trinajstić information content (AvgIpc) is 2.78. The summed E-state index contributed by atoms with van der Waals surface area (Å²) in [4.78, 5) is 15.8. The van der Waals surface area contributed by atoms with Gasteiger partial charge >= 0.3 is 0 Å². The van der Waals surface area contributed by atoms with E-state index in [4.69, 9.17) is 19.2 Å². The van der Waals surface area contributed by atoms with E-state index >= 15 is 0 Å². The smallest absolute Gasteiger partial charge is 0.203 e. The van der Waals surface area contributed by atoms with E-state index in [1.165, 1.54) is 0 Å². The van der Waals surface area contributed by atoms with Crippen LogP contribution in [-0.2, 0) is 19.5 Å². The van der Waals surface area contributed by atoms with Gasteiger partial charge in [-0.1, -0.05) is 0 Å². The molecule has 3 aromatic rings. The molecule has 1 aromatic carbocycles. The average molecular weight is 392 g/mol. The molecule has 0 unspecified atom stereocenters. The van der Waals surface area contributed by atoms with Crippen LogP contribution in [0, 0.1) is 0 Å². The van der Waals surface area contributed by atoms with Gasteiger partial charge < -0.3 is 14.2 Å². The normalized spacial score (nSPS) is 13.6. The predicted molar refractivity (Wildman–Crippen MR) is 109 cm³/mol. The minimum atomic E-state index is 0.610. The third-order valence-corrected chi connectivity index (χ3v) is 5.06. The van der Waals surface area contributed by atoms with Crippen molar-refractivity contribution in [2.45, 2.75) is 19.5 Å². The van der Waals surface area contributed by atoms with Gasteiger partial charge in [-0.2, -0.15) is 0 Å². The quantitative estimate of drug-likeness (QED) is 0.638. The standard InChI is InChI=1S/C22H24N4O3/c1-27-19-9-15(10-20(28-2)21(19)29-3)13-26-8-6-18-17(14-26)12-24-22(25-18)16-5-4-7-23-11-16/h4-5,7,9-12H,6,8,13-14H2,1-3H3. The maximum atomic E-state index is 5.47. The Bertz CT molecular complexity index is 970.